The molecule has 1 saturated heterocycles. The van der Waals surface area contributed by atoms with Gasteiger partial charge in [0.2, 0.25) is 5.91 Å². The Morgan fingerprint density at radius 2 is 2.24 bits per heavy atom. The molecule has 1 aromatic carbocycles. The zero-order valence-corrected chi connectivity index (χ0v) is 15.2. The van der Waals surface area contributed by atoms with Crippen molar-refractivity contribution in [1.82, 2.24) is 15.2 Å². The molecular weight excluding hydrogens is 334 g/mol. The third-order valence-electron chi connectivity index (χ3n) is 4.28. The van der Waals surface area contributed by atoms with E-state index in [1.165, 1.54) is 0 Å². The lowest BCUT2D eigenvalue weighted by Gasteiger charge is -2.37. The summed E-state index contributed by atoms with van der Waals surface area (Å²) in [5, 5.41) is 3.39. The smallest absolute Gasteiger partial charge is 0.233 e. The molecule has 2 aromatic rings. The van der Waals surface area contributed by atoms with E-state index in [1.807, 2.05) is 47.5 Å². The minimum atomic E-state index is 0.0105. The molecule has 1 N–H and O–H groups in total. The summed E-state index contributed by atoms with van der Waals surface area (Å²) in [6.45, 7) is 2.29. The van der Waals surface area contributed by atoms with Crippen molar-refractivity contribution in [3.8, 4) is 5.75 Å². The summed E-state index contributed by atoms with van der Waals surface area (Å²) < 4.78 is 5.49. The number of ether oxygens (including phenoxy) is 1. The number of carbonyl (C=O) groups is 1. The number of amides is 1. The highest BCUT2D eigenvalue weighted by atomic mass is 32.2. The molecule has 1 atom stereocenters. The predicted octanol–water partition coefficient (Wildman–Crippen LogP) is 2.50. The topological polar surface area (TPSA) is 54.5 Å². The monoisotopic (exact) mass is 357 g/mol. The summed E-state index contributed by atoms with van der Waals surface area (Å²) in [7, 11) is 1.67. The van der Waals surface area contributed by atoms with Crippen LogP contribution in [0.25, 0.3) is 0 Å². The van der Waals surface area contributed by atoms with E-state index in [-0.39, 0.29) is 11.9 Å². The molecule has 25 heavy (non-hydrogen) atoms. The Morgan fingerprint density at radius 3 is 3.04 bits per heavy atom. The van der Waals surface area contributed by atoms with Crippen LogP contribution in [-0.2, 0) is 10.5 Å². The highest BCUT2D eigenvalue weighted by molar-refractivity contribution is 7.99. The van der Waals surface area contributed by atoms with Crippen molar-refractivity contribution in [3.05, 3.63) is 59.9 Å². The van der Waals surface area contributed by atoms with Crippen LogP contribution < -0.4 is 10.1 Å². The van der Waals surface area contributed by atoms with Gasteiger partial charge in [0.1, 0.15) is 5.75 Å². The Balaban J connectivity index is 1.65. The second kappa shape index (κ2) is 8.87. The van der Waals surface area contributed by atoms with E-state index >= 15 is 0 Å². The van der Waals surface area contributed by atoms with Gasteiger partial charge in [-0.3, -0.25) is 9.78 Å². The van der Waals surface area contributed by atoms with Crippen LogP contribution in [0.15, 0.2) is 48.8 Å². The van der Waals surface area contributed by atoms with E-state index in [2.05, 4.69) is 10.3 Å². The zero-order chi connectivity index (χ0) is 17.5. The maximum atomic E-state index is 12.8. The fraction of sp³-hybridized carbons (Fsp3) is 0.368. The molecule has 1 unspecified atom stereocenters. The maximum Gasteiger partial charge on any atom is 0.233 e. The molecule has 0 bridgehead atoms. The minimum absolute atomic E-state index is 0.0105. The Bertz CT molecular complexity index is 696. The fourth-order valence-electron chi connectivity index (χ4n) is 3.05. The van der Waals surface area contributed by atoms with E-state index in [0.717, 1.165) is 42.3 Å². The van der Waals surface area contributed by atoms with Crippen molar-refractivity contribution >= 4 is 17.7 Å². The normalized spacial score (nSPS) is 17.3. The zero-order valence-electron chi connectivity index (χ0n) is 14.4. The summed E-state index contributed by atoms with van der Waals surface area (Å²) in [5.41, 5.74) is 2.20. The Labute approximate surface area is 152 Å². The number of methoxy groups -OCH3 is 1. The summed E-state index contributed by atoms with van der Waals surface area (Å²) in [5.74, 6) is 2.27. The first-order chi connectivity index (χ1) is 12.3. The van der Waals surface area contributed by atoms with E-state index < -0.39 is 0 Å². The average Bonchev–Trinajstić information content (AvgIpc) is 2.68. The second-order valence-electron chi connectivity index (χ2n) is 5.90. The van der Waals surface area contributed by atoms with Gasteiger partial charge in [-0.1, -0.05) is 24.3 Å². The first-order valence-electron chi connectivity index (χ1n) is 8.39. The maximum absolute atomic E-state index is 12.8. The van der Waals surface area contributed by atoms with Gasteiger partial charge in [-0.2, -0.15) is 0 Å². The second-order valence-corrected chi connectivity index (χ2v) is 6.89. The molecule has 0 aliphatic carbocycles. The Hall–Kier alpha value is -2.05. The summed E-state index contributed by atoms with van der Waals surface area (Å²) >= 11 is 1.63. The SMILES string of the molecule is COc1ccccc1C1CNCCN1C(=O)CSCc1cccnc1. The molecule has 5 nitrogen and oxygen atoms in total. The third-order valence-corrected chi connectivity index (χ3v) is 5.27. The lowest BCUT2D eigenvalue weighted by Crippen LogP contribution is -2.49. The van der Waals surface area contributed by atoms with Gasteiger partial charge in [0, 0.05) is 43.3 Å². The molecular formula is C19H23N3O2S. The molecule has 0 radical (unpaired) electrons. The Morgan fingerprint density at radius 1 is 1.36 bits per heavy atom. The van der Waals surface area contributed by atoms with E-state index in [9.17, 15) is 4.79 Å². The number of thioether (sulfide) groups is 1. The lowest BCUT2D eigenvalue weighted by atomic mass is 10.0. The van der Waals surface area contributed by atoms with Crippen molar-refractivity contribution in [2.24, 2.45) is 0 Å². The highest BCUT2D eigenvalue weighted by Gasteiger charge is 2.29. The van der Waals surface area contributed by atoms with Gasteiger partial charge in [-0.05, 0) is 17.7 Å². The number of nitrogens with one attached hydrogen (secondary N) is 1. The molecule has 1 aliphatic heterocycles. The number of benzene rings is 1. The summed E-state index contributed by atoms with van der Waals surface area (Å²) in [6.07, 6.45) is 3.61. The average molecular weight is 357 g/mol. The van der Waals surface area contributed by atoms with Crippen LogP contribution >= 0.6 is 11.8 Å². The van der Waals surface area contributed by atoms with Gasteiger partial charge in [-0.25, -0.2) is 0 Å². The molecule has 1 fully saturated rings. The predicted molar refractivity (Wildman–Crippen MR) is 101 cm³/mol. The number of nitrogens with zero attached hydrogens (tertiary/aromatic N) is 2. The number of para-hydroxylation sites is 1. The van der Waals surface area contributed by atoms with Crippen molar-refractivity contribution in [2.45, 2.75) is 11.8 Å². The van der Waals surface area contributed by atoms with Crippen LogP contribution in [-0.4, -0.2) is 48.3 Å². The van der Waals surface area contributed by atoms with Gasteiger partial charge < -0.3 is 15.0 Å². The minimum Gasteiger partial charge on any atom is -0.496 e. The van der Waals surface area contributed by atoms with Crippen molar-refractivity contribution < 1.29 is 9.53 Å². The number of carbonyl (C=O) groups excluding carboxylic acids is 1. The van der Waals surface area contributed by atoms with Crippen LogP contribution in [0, 0.1) is 0 Å². The van der Waals surface area contributed by atoms with Crippen LogP contribution in [0.2, 0.25) is 0 Å². The van der Waals surface area contributed by atoms with Gasteiger partial charge in [0.05, 0.1) is 18.9 Å². The van der Waals surface area contributed by atoms with E-state index in [1.54, 1.807) is 25.1 Å². The first kappa shape index (κ1) is 17.8. The number of pyridine rings is 1. The molecule has 0 spiro atoms. The quantitative estimate of drug-likeness (QED) is 0.861. The van der Waals surface area contributed by atoms with Crippen LogP contribution in [0.4, 0.5) is 0 Å². The number of hydrogen-bond donors (Lipinski definition) is 1. The van der Waals surface area contributed by atoms with Crippen LogP contribution in [0.3, 0.4) is 0 Å². The van der Waals surface area contributed by atoms with Crippen molar-refractivity contribution in [2.75, 3.05) is 32.5 Å². The molecule has 3 rings (SSSR count). The molecule has 132 valence electrons. The van der Waals surface area contributed by atoms with Crippen LogP contribution in [0.5, 0.6) is 5.75 Å². The van der Waals surface area contributed by atoms with Gasteiger partial charge >= 0.3 is 0 Å². The molecule has 2 heterocycles. The number of rotatable bonds is 6. The lowest BCUT2D eigenvalue weighted by molar-refractivity contribution is -0.131. The van der Waals surface area contributed by atoms with E-state index in [0.29, 0.717) is 5.75 Å². The molecule has 6 heteroatoms. The standard InChI is InChI=1S/C19H23N3O2S/c1-24-18-7-3-2-6-16(18)17-12-21-9-10-22(17)19(23)14-25-13-15-5-4-8-20-11-15/h2-8,11,17,21H,9-10,12-14H2,1H3. The molecule has 1 amide bonds. The summed E-state index contributed by atoms with van der Waals surface area (Å²) in [6, 6.07) is 11.9. The van der Waals surface area contributed by atoms with Crippen molar-refractivity contribution in [3.63, 3.8) is 0 Å². The fourth-order valence-corrected chi connectivity index (χ4v) is 3.89. The number of aromatic nitrogens is 1. The largest absolute Gasteiger partial charge is 0.496 e. The van der Waals surface area contributed by atoms with E-state index in [4.69, 9.17) is 4.74 Å². The third kappa shape index (κ3) is 4.52. The Kier molecular flexibility index (Phi) is 6.30. The highest BCUT2D eigenvalue weighted by Crippen LogP contribution is 2.30. The first-order valence-corrected chi connectivity index (χ1v) is 9.55. The van der Waals surface area contributed by atoms with Crippen molar-refractivity contribution in [1.29, 1.82) is 0 Å². The molecule has 0 saturated carbocycles. The van der Waals surface area contributed by atoms with Gasteiger partial charge in [0.25, 0.3) is 0 Å². The van der Waals surface area contributed by atoms with Gasteiger partial charge in [-0.15, -0.1) is 11.8 Å². The molecule has 1 aliphatic rings. The number of hydrogen-bond acceptors (Lipinski definition) is 5. The van der Waals surface area contributed by atoms with Crippen LogP contribution in [0.1, 0.15) is 17.2 Å². The van der Waals surface area contributed by atoms with Gasteiger partial charge in [0.15, 0.2) is 0 Å². The summed E-state index contributed by atoms with van der Waals surface area (Å²) in [4.78, 5) is 18.9. The number of piperazine rings is 1. The molecule has 1 aromatic heterocycles.